The molecule has 2 aromatic carbocycles. The molecule has 7 atom stereocenters. The Hall–Kier alpha value is -8.78. The lowest BCUT2D eigenvalue weighted by molar-refractivity contribution is -0.142. The molecule has 4 rings (SSSR count). The van der Waals surface area contributed by atoms with Gasteiger partial charge in [-0.25, -0.2) is 0 Å². The summed E-state index contributed by atoms with van der Waals surface area (Å²) in [5.74, 6) is -10.2. The number of nitrogens with one attached hydrogen (secondary N) is 9. The third-order valence-corrected chi connectivity index (χ3v) is 11.8. The first kappa shape index (κ1) is 58.8. The molecule has 1 aromatic heterocycles. The van der Waals surface area contributed by atoms with Crippen molar-refractivity contribution < 1.29 is 53.1 Å². The second kappa shape index (κ2) is 29.7. The van der Waals surface area contributed by atoms with Crippen molar-refractivity contribution in [2.24, 2.45) is 38.7 Å². The number of carbonyl (C=O) groups is 10. The molecule has 27 heteroatoms. The van der Waals surface area contributed by atoms with Crippen molar-refractivity contribution in [3.8, 4) is 0 Å². The normalized spacial score (nSPS) is 21.0. The maximum absolute atomic E-state index is 14.5. The minimum absolute atomic E-state index is 0.0121. The van der Waals surface area contributed by atoms with Crippen LogP contribution in [0, 0.1) is 0 Å². The minimum Gasteiger partial charge on any atom is -0.481 e. The summed E-state index contributed by atoms with van der Waals surface area (Å²) in [5, 5.41) is 31.0. The van der Waals surface area contributed by atoms with E-state index in [1.807, 2.05) is 18.2 Å². The molecule has 0 aliphatic carbocycles. The van der Waals surface area contributed by atoms with Gasteiger partial charge in [0.05, 0.1) is 12.8 Å². The van der Waals surface area contributed by atoms with Gasteiger partial charge in [-0.1, -0.05) is 48.5 Å². The van der Waals surface area contributed by atoms with E-state index in [9.17, 15) is 53.1 Å². The number of aliphatic imine (C=N–C) groups is 2. The predicted molar refractivity (Wildman–Crippen MR) is 274 cm³/mol. The quantitative estimate of drug-likeness (QED) is 0.0329. The number of aromatic nitrogens is 1. The second-order valence-electron chi connectivity index (χ2n) is 17.8. The zero-order valence-electron chi connectivity index (χ0n) is 41.5. The van der Waals surface area contributed by atoms with Gasteiger partial charge < -0.3 is 81.3 Å². The van der Waals surface area contributed by atoms with Gasteiger partial charge in [0.1, 0.15) is 42.3 Å². The van der Waals surface area contributed by atoms with Crippen LogP contribution in [0.5, 0.6) is 0 Å². The molecule has 27 nitrogen and oxygen atoms in total. The van der Waals surface area contributed by atoms with Gasteiger partial charge in [-0.2, -0.15) is 0 Å². The van der Waals surface area contributed by atoms with Crippen molar-refractivity contribution in [2.45, 2.75) is 120 Å². The minimum atomic E-state index is -1.93. The van der Waals surface area contributed by atoms with E-state index < -0.39 is 114 Å². The number of carbonyl (C=O) groups excluding carboxylic acids is 9. The first-order chi connectivity index (χ1) is 35.7. The molecule has 0 spiro atoms. The van der Waals surface area contributed by atoms with Gasteiger partial charge in [-0.15, -0.1) is 0 Å². The molecule has 9 amide bonds. The van der Waals surface area contributed by atoms with Crippen molar-refractivity contribution in [3.05, 3.63) is 71.9 Å². The Morgan fingerprint density at radius 2 is 1.29 bits per heavy atom. The highest BCUT2D eigenvalue weighted by Gasteiger charge is 2.36. The lowest BCUT2D eigenvalue weighted by atomic mass is 10.0. The van der Waals surface area contributed by atoms with Gasteiger partial charge in [-0.05, 0) is 62.1 Å². The maximum Gasteiger partial charge on any atom is 0.305 e. The van der Waals surface area contributed by atoms with E-state index in [1.54, 1.807) is 42.6 Å². The topological polar surface area (TPSA) is 458 Å². The fraction of sp³-hybridized carbons (Fsp3) is 0.458. The standard InChI is InChI=1S/C48H68N16O11/c1-26(65)58-32(16-9-19-55-47(50)51)41(70)63-36-23-38(66)54-18-8-7-15-31(40(49)69)59-44(73)35(22-28-25-57-30-14-6-5-13-29(28)30)62-42(71)33(17-10-20-56-48(52)53)60-43(72)34(21-27-11-3-2-4-12-27)61-46(75)37(24-39(67)68)64-45(36)74/h2-6,11-14,25,31-37,57H,7-10,15-24H2,1H3,(H2,49,69)(H,54,66)(H,58,65)(H,59,73)(H,60,72)(H,61,75)(H,62,71)(H,63,70)(H,64,74)(H,67,68)(H4,50,51,55)(H4,52,53,56). The van der Waals surface area contributed by atoms with Crippen molar-refractivity contribution in [1.29, 1.82) is 0 Å². The molecule has 3 aromatic rings. The number of para-hydroxylation sites is 1. The fourth-order valence-corrected chi connectivity index (χ4v) is 8.05. The Morgan fingerprint density at radius 1 is 0.707 bits per heavy atom. The summed E-state index contributed by atoms with van der Waals surface area (Å²) in [6, 6.07) is 4.89. The Morgan fingerprint density at radius 3 is 1.95 bits per heavy atom. The fourth-order valence-electron chi connectivity index (χ4n) is 8.05. The van der Waals surface area contributed by atoms with Crippen LogP contribution < -0.4 is 71.2 Å². The van der Waals surface area contributed by atoms with Crippen molar-refractivity contribution in [1.82, 2.24) is 47.5 Å². The monoisotopic (exact) mass is 1040 g/mol. The van der Waals surface area contributed by atoms with Crippen LogP contribution >= 0.6 is 0 Å². The molecule has 20 N–H and O–H groups in total. The lowest BCUT2D eigenvalue weighted by Crippen LogP contribution is -2.61. The average Bonchev–Trinajstić information content (AvgIpc) is 3.76. The lowest BCUT2D eigenvalue weighted by Gasteiger charge is -2.27. The summed E-state index contributed by atoms with van der Waals surface area (Å²) in [5.41, 5.74) is 29.5. The number of carboxylic acids is 1. The van der Waals surface area contributed by atoms with Crippen LogP contribution in [0.4, 0.5) is 0 Å². The van der Waals surface area contributed by atoms with Crippen LogP contribution in [0.3, 0.4) is 0 Å². The largest absolute Gasteiger partial charge is 0.481 e. The molecular formula is C48H68N16O11. The Bertz CT molecular complexity index is 2560. The van der Waals surface area contributed by atoms with Crippen LogP contribution in [-0.4, -0.2) is 143 Å². The van der Waals surface area contributed by atoms with Gasteiger partial charge in [0.15, 0.2) is 11.9 Å². The molecule has 1 saturated heterocycles. The number of guanidine groups is 2. The van der Waals surface area contributed by atoms with Crippen molar-refractivity contribution in [2.75, 3.05) is 19.6 Å². The molecule has 0 radical (unpaired) electrons. The number of nitrogens with two attached hydrogens (primary N) is 5. The zero-order chi connectivity index (χ0) is 55.0. The van der Waals surface area contributed by atoms with Crippen LogP contribution in [0.15, 0.2) is 70.8 Å². The average molecular weight is 1050 g/mol. The molecule has 1 aliphatic heterocycles. The van der Waals surface area contributed by atoms with Crippen LogP contribution in [0.25, 0.3) is 10.9 Å². The molecule has 0 saturated carbocycles. The van der Waals surface area contributed by atoms with Crippen molar-refractivity contribution >= 4 is 82.0 Å². The molecule has 75 heavy (non-hydrogen) atoms. The highest BCUT2D eigenvalue weighted by Crippen LogP contribution is 2.20. The van der Waals surface area contributed by atoms with E-state index in [4.69, 9.17) is 28.7 Å². The Kier molecular flexibility index (Phi) is 23.3. The summed E-state index contributed by atoms with van der Waals surface area (Å²) in [6.07, 6.45) is 0.0388. The predicted octanol–water partition coefficient (Wildman–Crippen LogP) is -3.88. The summed E-state index contributed by atoms with van der Waals surface area (Å²) in [7, 11) is 0. The molecule has 406 valence electrons. The summed E-state index contributed by atoms with van der Waals surface area (Å²) < 4.78 is 0. The molecule has 7 unspecified atom stereocenters. The van der Waals surface area contributed by atoms with Crippen molar-refractivity contribution in [3.63, 3.8) is 0 Å². The van der Waals surface area contributed by atoms with E-state index in [2.05, 4.69) is 57.5 Å². The summed E-state index contributed by atoms with van der Waals surface area (Å²) in [4.78, 5) is 147. The second-order valence-corrected chi connectivity index (χ2v) is 17.8. The van der Waals surface area contributed by atoms with E-state index in [-0.39, 0.29) is 89.3 Å². The Balaban J connectivity index is 1.78. The number of aliphatic carboxylic acids is 1. The molecule has 1 fully saturated rings. The number of fused-ring (bicyclic) bond motifs is 1. The SMILES string of the molecule is CC(=O)NC(CCCN=C(N)N)C(=O)NC1CC(=O)NCCCCC(C(N)=O)NC(=O)C(Cc2c[nH]c3ccccc23)NC(=O)C(CCCN=C(N)N)NC(=O)C(Cc2ccccc2)NC(=O)C(CC(=O)O)NC1=O. The highest BCUT2D eigenvalue weighted by atomic mass is 16.4. The smallest absolute Gasteiger partial charge is 0.305 e. The molecule has 1 aliphatic rings. The first-order valence-electron chi connectivity index (χ1n) is 24.3. The molecular weight excluding hydrogens is 977 g/mol. The number of rotatable bonds is 18. The number of hydrogen-bond acceptors (Lipinski definition) is 12. The van der Waals surface area contributed by atoms with E-state index in [0.29, 0.717) is 11.1 Å². The number of nitrogens with zero attached hydrogens (tertiary/aromatic N) is 2. The first-order valence-corrected chi connectivity index (χ1v) is 24.3. The van der Waals surface area contributed by atoms with Crippen LogP contribution in [-0.2, 0) is 60.8 Å². The van der Waals surface area contributed by atoms with E-state index >= 15 is 0 Å². The summed E-state index contributed by atoms with van der Waals surface area (Å²) >= 11 is 0. The van der Waals surface area contributed by atoms with Crippen LogP contribution in [0.2, 0.25) is 0 Å². The van der Waals surface area contributed by atoms with Gasteiger partial charge in [0.25, 0.3) is 0 Å². The number of primary amides is 1. The highest BCUT2D eigenvalue weighted by molar-refractivity contribution is 6.00. The third-order valence-electron chi connectivity index (χ3n) is 11.8. The number of aromatic amines is 1. The third kappa shape index (κ3) is 20.3. The number of carboxylic acid groups (broad SMARTS) is 1. The molecule has 0 bridgehead atoms. The zero-order valence-corrected chi connectivity index (χ0v) is 41.5. The number of benzene rings is 2. The Labute approximate surface area is 431 Å². The maximum atomic E-state index is 14.5. The number of amides is 9. The van der Waals surface area contributed by atoms with Crippen LogP contribution in [0.1, 0.15) is 75.8 Å². The number of hydrogen-bond donors (Lipinski definition) is 15. The van der Waals surface area contributed by atoms with E-state index in [0.717, 1.165) is 17.8 Å². The van der Waals surface area contributed by atoms with Gasteiger partial charge in [0, 0.05) is 56.5 Å². The van der Waals surface area contributed by atoms with Gasteiger partial charge in [0.2, 0.25) is 53.2 Å². The summed E-state index contributed by atoms with van der Waals surface area (Å²) in [6.45, 7) is 1.18. The molecule has 2 heterocycles. The van der Waals surface area contributed by atoms with E-state index in [1.165, 1.54) is 0 Å². The van der Waals surface area contributed by atoms with Gasteiger partial charge >= 0.3 is 5.97 Å². The van der Waals surface area contributed by atoms with Gasteiger partial charge in [-0.3, -0.25) is 57.9 Å². The number of H-pyrrole nitrogens is 1.